The highest BCUT2D eigenvalue weighted by atomic mass is 19.1. The van der Waals surface area contributed by atoms with Crippen LogP contribution in [0, 0.1) is 11.6 Å². The zero-order valence-corrected chi connectivity index (χ0v) is 12.3. The summed E-state index contributed by atoms with van der Waals surface area (Å²) in [5.41, 5.74) is 1.30. The van der Waals surface area contributed by atoms with E-state index in [1.807, 2.05) is 19.1 Å². The summed E-state index contributed by atoms with van der Waals surface area (Å²) in [5.74, 6) is -1.38. The molecule has 2 aromatic carbocycles. The minimum atomic E-state index is -0.592. The van der Waals surface area contributed by atoms with Gasteiger partial charge in [-0.15, -0.1) is 0 Å². The van der Waals surface area contributed by atoms with E-state index < -0.39 is 11.7 Å². The van der Waals surface area contributed by atoms with Gasteiger partial charge >= 0.3 is 0 Å². The van der Waals surface area contributed by atoms with Crippen LogP contribution in [0.3, 0.4) is 0 Å². The minimum Gasteiger partial charge on any atom is -0.352 e. The third-order valence-electron chi connectivity index (χ3n) is 3.22. The number of amides is 1. The molecular formula is C18H17F2NO. The number of allylic oxidation sites excluding steroid dienone is 1. The Bertz CT molecular complexity index is 678. The molecule has 22 heavy (non-hydrogen) atoms. The first kappa shape index (κ1) is 15.9. The number of benzene rings is 2. The van der Waals surface area contributed by atoms with Crippen LogP contribution in [0.1, 0.15) is 23.7 Å². The maximum atomic E-state index is 14.1. The monoisotopic (exact) mass is 301 g/mol. The van der Waals surface area contributed by atoms with Crippen LogP contribution in [0.15, 0.2) is 54.6 Å². The number of carbonyl (C=O) groups excluding carboxylic acids is 1. The van der Waals surface area contributed by atoms with Gasteiger partial charge in [0.15, 0.2) is 0 Å². The lowest BCUT2D eigenvalue weighted by Crippen LogP contribution is -2.25. The number of carbonyl (C=O) groups is 1. The van der Waals surface area contributed by atoms with Crippen molar-refractivity contribution in [3.05, 3.63) is 71.8 Å². The van der Waals surface area contributed by atoms with Gasteiger partial charge in [-0.2, -0.15) is 0 Å². The second-order valence-corrected chi connectivity index (χ2v) is 4.82. The Hall–Kier alpha value is -2.49. The van der Waals surface area contributed by atoms with Crippen LogP contribution < -0.4 is 5.32 Å². The SMILES string of the molecule is C/C=C/CCNC(=O)c1ccc(-c2ccc(F)cc2)cc1F. The molecule has 0 unspecified atom stereocenters. The first-order valence-electron chi connectivity index (χ1n) is 7.06. The first-order chi connectivity index (χ1) is 10.6. The lowest BCUT2D eigenvalue weighted by atomic mass is 10.0. The second-order valence-electron chi connectivity index (χ2n) is 4.82. The third kappa shape index (κ3) is 4.01. The number of rotatable bonds is 5. The van der Waals surface area contributed by atoms with Crippen molar-refractivity contribution in [2.75, 3.05) is 6.54 Å². The van der Waals surface area contributed by atoms with Gasteiger partial charge in [-0.25, -0.2) is 8.78 Å². The molecule has 0 fully saturated rings. The van der Waals surface area contributed by atoms with E-state index in [0.717, 1.165) is 0 Å². The third-order valence-corrected chi connectivity index (χ3v) is 3.22. The van der Waals surface area contributed by atoms with Crippen LogP contribution in [0.4, 0.5) is 8.78 Å². The van der Waals surface area contributed by atoms with Crippen molar-refractivity contribution in [2.45, 2.75) is 13.3 Å². The molecule has 0 aliphatic carbocycles. The average molecular weight is 301 g/mol. The molecule has 0 heterocycles. The number of nitrogens with one attached hydrogen (secondary N) is 1. The van der Waals surface area contributed by atoms with Crippen LogP contribution in [-0.4, -0.2) is 12.5 Å². The zero-order valence-electron chi connectivity index (χ0n) is 12.3. The van der Waals surface area contributed by atoms with E-state index in [9.17, 15) is 13.6 Å². The van der Waals surface area contributed by atoms with Crippen molar-refractivity contribution in [3.63, 3.8) is 0 Å². The molecular weight excluding hydrogens is 284 g/mol. The van der Waals surface area contributed by atoms with Gasteiger partial charge in [0.2, 0.25) is 0 Å². The normalized spacial score (nSPS) is 10.9. The smallest absolute Gasteiger partial charge is 0.254 e. The molecule has 114 valence electrons. The quantitative estimate of drug-likeness (QED) is 0.646. The van der Waals surface area contributed by atoms with Gasteiger partial charge in [0, 0.05) is 6.54 Å². The van der Waals surface area contributed by atoms with Crippen LogP contribution in [0.25, 0.3) is 11.1 Å². The fraction of sp³-hybridized carbons (Fsp3) is 0.167. The van der Waals surface area contributed by atoms with Gasteiger partial charge in [0.1, 0.15) is 11.6 Å². The largest absolute Gasteiger partial charge is 0.352 e. The van der Waals surface area contributed by atoms with Crippen LogP contribution in [0.2, 0.25) is 0 Å². The van der Waals surface area contributed by atoms with E-state index in [4.69, 9.17) is 0 Å². The van der Waals surface area contributed by atoms with E-state index >= 15 is 0 Å². The molecule has 4 heteroatoms. The van der Waals surface area contributed by atoms with Crippen molar-refractivity contribution in [1.82, 2.24) is 5.32 Å². The molecule has 2 rings (SSSR count). The molecule has 2 aromatic rings. The first-order valence-corrected chi connectivity index (χ1v) is 7.06. The topological polar surface area (TPSA) is 29.1 Å². The molecule has 0 saturated carbocycles. The van der Waals surface area contributed by atoms with Gasteiger partial charge in [-0.3, -0.25) is 4.79 Å². The fourth-order valence-electron chi connectivity index (χ4n) is 2.05. The molecule has 0 spiro atoms. The van der Waals surface area contributed by atoms with E-state index in [1.54, 1.807) is 18.2 Å². The lowest BCUT2D eigenvalue weighted by molar-refractivity contribution is 0.0950. The van der Waals surface area contributed by atoms with Crippen molar-refractivity contribution < 1.29 is 13.6 Å². The summed E-state index contributed by atoms with van der Waals surface area (Å²) >= 11 is 0. The molecule has 0 aliphatic heterocycles. The Morgan fingerprint density at radius 3 is 2.41 bits per heavy atom. The van der Waals surface area contributed by atoms with Crippen molar-refractivity contribution in [1.29, 1.82) is 0 Å². The molecule has 0 radical (unpaired) electrons. The average Bonchev–Trinajstić information content (AvgIpc) is 2.52. The predicted octanol–water partition coefficient (Wildman–Crippen LogP) is 4.33. The van der Waals surface area contributed by atoms with E-state index in [2.05, 4.69) is 5.32 Å². The standard InChI is InChI=1S/C18H17F2NO/c1-2-3-4-11-21-18(22)16-10-7-14(12-17(16)20)13-5-8-15(19)9-6-13/h2-3,5-10,12H,4,11H2,1H3,(H,21,22)/b3-2+. The van der Waals surface area contributed by atoms with Gasteiger partial charge in [-0.1, -0.05) is 30.4 Å². The number of hydrogen-bond acceptors (Lipinski definition) is 1. The summed E-state index contributed by atoms with van der Waals surface area (Å²) in [4.78, 5) is 11.9. The van der Waals surface area contributed by atoms with Gasteiger partial charge in [-0.05, 0) is 48.7 Å². The van der Waals surface area contributed by atoms with E-state index in [0.29, 0.717) is 24.1 Å². The summed E-state index contributed by atoms with van der Waals surface area (Å²) in [7, 11) is 0. The van der Waals surface area contributed by atoms with Crippen LogP contribution in [-0.2, 0) is 0 Å². The van der Waals surface area contributed by atoms with Gasteiger partial charge < -0.3 is 5.32 Å². The highest BCUT2D eigenvalue weighted by Gasteiger charge is 2.12. The molecule has 1 N–H and O–H groups in total. The Labute approximate surface area is 128 Å². The van der Waals surface area contributed by atoms with Crippen molar-refractivity contribution >= 4 is 5.91 Å². The summed E-state index contributed by atoms with van der Waals surface area (Å²) in [6.07, 6.45) is 4.52. The Morgan fingerprint density at radius 2 is 1.77 bits per heavy atom. The molecule has 0 aromatic heterocycles. The maximum Gasteiger partial charge on any atom is 0.254 e. The summed E-state index contributed by atoms with van der Waals surface area (Å²) in [6.45, 7) is 2.36. The summed E-state index contributed by atoms with van der Waals surface area (Å²) < 4.78 is 27.0. The molecule has 0 bridgehead atoms. The fourth-order valence-corrected chi connectivity index (χ4v) is 2.05. The Balaban J connectivity index is 2.12. The van der Waals surface area contributed by atoms with Gasteiger partial charge in [0.05, 0.1) is 5.56 Å². The van der Waals surface area contributed by atoms with Crippen molar-refractivity contribution in [2.24, 2.45) is 0 Å². The Kier molecular flexibility index (Phi) is 5.42. The van der Waals surface area contributed by atoms with Gasteiger partial charge in [0.25, 0.3) is 5.91 Å². The maximum absolute atomic E-state index is 14.1. The molecule has 1 amide bonds. The van der Waals surface area contributed by atoms with Crippen LogP contribution in [0.5, 0.6) is 0 Å². The van der Waals surface area contributed by atoms with E-state index in [1.165, 1.54) is 24.3 Å². The van der Waals surface area contributed by atoms with Crippen LogP contribution >= 0.6 is 0 Å². The summed E-state index contributed by atoms with van der Waals surface area (Å²) in [6, 6.07) is 10.1. The number of halogens is 2. The predicted molar refractivity (Wildman–Crippen MR) is 83.6 cm³/mol. The number of hydrogen-bond donors (Lipinski definition) is 1. The highest BCUT2D eigenvalue weighted by molar-refractivity contribution is 5.95. The lowest BCUT2D eigenvalue weighted by Gasteiger charge is -2.07. The summed E-state index contributed by atoms with van der Waals surface area (Å²) in [5, 5.41) is 2.66. The molecule has 0 atom stereocenters. The molecule has 0 aliphatic rings. The van der Waals surface area contributed by atoms with E-state index in [-0.39, 0.29) is 11.4 Å². The highest BCUT2D eigenvalue weighted by Crippen LogP contribution is 2.22. The zero-order chi connectivity index (χ0) is 15.9. The minimum absolute atomic E-state index is 0.00587. The Morgan fingerprint density at radius 1 is 1.09 bits per heavy atom. The molecule has 0 saturated heterocycles. The van der Waals surface area contributed by atoms with Crippen molar-refractivity contribution in [3.8, 4) is 11.1 Å². The molecule has 2 nitrogen and oxygen atoms in total. The second kappa shape index (κ2) is 7.50.